The molecule has 0 atom stereocenters. The maximum atomic E-state index is 8.86. The monoisotopic (exact) mass is 240 g/mol. The first kappa shape index (κ1) is 12.3. The Hall–Kier alpha value is -2.12. The minimum atomic E-state index is 0.681. The minimum absolute atomic E-state index is 0.681. The van der Waals surface area contributed by atoms with Crippen LogP contribution in [0.4, 0.5) is 0 Å². The molecule has 0 spiro atoms. The Morgan fingerprint density at radius 2 is 2.22 bits per heavy atom. The molecule has 92 valence electrons. The number of aromatic nitrogens is 2. The summed E-state index contributed by atoms with van der Waals surface area (Å²) < 4.78 is 1.84. The fraction of sp³-hybridized carbons (Fsp3) is 0.286. The van der Waals surface area contributed by atoms with E-state index in [0.717, 1.165) is 30.0 Å². The van der Waals surface area contributed by atoms with Crippen LogP contribution in [-0.2, 0) is 20.1 Å². The van der Waals surface area contributed by atoms with Crippen LogP contribution in [0.3, 0.4) is 0 Å². The van der Waals surface area contributed by atoms with Crippen molar-refractivity contribution in [2.75, 3.05) is 0 Å². The molecule has 0 aliphatic carbocycles. The summed E-state index contributed by atoms with van der Waals surface area (Å²) in [6.07, 6.45) is 1.97. The number of pyridine rings is 1. The molecule has 0 fully saturated rings. The Balaban J connectivity index is 1.90. The molecule has 0 radical (unpaired) electrons. The van der Waals surface area contributed by atoms with E-state index in [0.29, 0.717) is 5.69 Å². The van der Waals surface area contributed by atoms with Crippen LogP contribution in [0.1, 0.15) is 22.6 Å². The molecule has 4 nitrogen and oxygen atoms in total. The number of rotatable bonds is 4. The van der Waals surface area contributed by atoms with Crippen molar-refractivity contribution in [2.45, 2.75) is 20.0 Å². The average molecular weight is 240 g/mol. The summed E-state index contributed by atoms with van der Waals surface area (Å²) in [5.41, 5.74) is 3.86. The van der Waals surface area contributed by atoms with Gasteiger partial charge < -0.3 is 9.88 Å². The first-order valence-corrected chi connectivity index (χ1v) is 5.87. The van der Waals surface area contributed by atoms with Crippen molar-refractivity contribution in [1.82, 2.24) is 14.9 Å². The Kier molecular flexibility index (Phi) is 3.75. The fourth-order valence-electron chi connectivity index (χ4n) is 1.87. The smallest absolute Gasteiger partial charge is 0.120 e. The van der Waals surface area contributed by atoms with Gasteiger partial charge in [0.15, 0.2) is 0 Å². The number of nitrogens with zero attached hydrogens (tertiary/aromatic N) is 3. The second kappa shape index (κ2) is 5.48. The predicted molar refractivity (Wildman–Crippen MR) is 69.6 cm³/mol. The van der Waals surface area contributed by atoms with Gasteiger partial charge in [0.1, 0.15) is 11.8 Å². The van der Waals surface area contributed by atoms with Gasteiger partial charge in [-0.3, -0.25) is 4.98 Å². The molecular weight excluding hydrogens is 224 g/mol. The fourth-order valence-corrected chi connectivity index (χ4v) is 1.87. The first-order chi connectivity index (χ1) is 8.69. The van der Waals surface area contributed by atoms with Crippen molar-refractivity contribution in [2.24, 2.45) is 7.05 Å². The highest BCUT2D eigenvalue weighted by Gasteiger charge is 2.02. The summed E-state index contributed by atoms with van der Waals surface area (Å²) in [5.74, 6) is 0. The van der Waals surface area contributed by atoms with E-state index in [-0.39, 0.29) is 0 Å². The lowest BCUT2D eigenvalue weighted by molar-refractivity contribution is 0.677. The summed E-state index contributed by atoms with van der Waals surface area (Å²) >= 11 is 0. The standard InChI is InChI=1S/C14H16N4/c1-11-4-3-5-13(17-11)9-16-8-12-6-14(7-15)18(2)10-12/h3-6,10,16H,8-9H2,1-2H3. The number of nitriles is 1. The van der Waals surface area contributed by atoms with Crippen LogP contribution in [0.2, 0.25) is 0 Å². The molecule has 2 aromatic heterocycles. The molecule has 18 heavy (non-hydrogen) atoms. The van der Waals surface area contributed by atoms with Gasteiger partial charge in [0.2, 0.25) is 0 Å². The third-order valence-electron chi connectivity index (χ3n) is 2.76. The molecule has 2 aromatic rings. The van der Waals surface area contributed by atoms with Gasteiger partial charge in [0.05, 0.1) is 5.69 Å². The van der Waals surface area contributed by atoms with E-state index in [1.165, 1.54) is 0 Å². The quantitative estimate of drug-likeness (QED) is 0.888. The van der Waals surface area contributed by atoms with E-state index in [1.807, 2.05) is 49.0 Å². The van der Waals surface area contributed by atoms with E-state index in [9.17, 15) is 0 Å². The van der Waals surface area contributed by atoms with Gasteiger partial charge in [-0.1, -0.05) is 6.07 Å². The van der Waals surface area contributed by atoms with Crippen molar-refractivity contribution in [3.05, 3.63) is 53.1 Å². The van der Waals surface area contributed by atoms with Crippen LogP contribution >= 0.6 is 0 Å². The maximum absolute atomic E-state index is 8.86. The normalized spacial score (nSPS) is 10.3. The highest BCUT2D eigenvalue weighted by atomic mass is 14.9. The second-order valence-electron chi connectivity index (χ2n) is 4.33. The molecule has 0 aromatic carbocycles. The van der Waals surface area contributed by atoms with Gasteiger partial charge in [-0.15, -0.1) is 0 Å². The minimum Gasteiger partial charge on any atom is -0.342 e. The SMILES string of the molecule is Cc1cccc(CNCc2cc(C#N)n(C)c2)n1. The molecule has 0 amide bonds. The first-order valence-electron chi connectivity index (χ1n) is 5.87. The Bertz CT molecular complexity index is 578. The van der Waals surface area contributed by atoms with Crippen molar-refractivity contribution in [3.63, 3.8) is 0 Å². The molecule has 0 unspecified atom stereocenters. The van der Waals surface area contributed by atoms with E-state index >= 15 is 0 Å². The molecule has 0 aliphatic rings. The van der Waals surface area contributed by atoms with Crippen LogP contribution in [0, 0.1) is 18.3 Å². The molecule has 0 saturated heterocycles. The van der Waals surface area contributed by atoms with E-state index in [2.05, 4.69) is 16.4 Å². The van der Waals surface area contributed by atoms with Crippen LogP contribution < -0.4 is 5.32 Å². The molecule has 1 N–H and O–H groups in total. The molecular formula is C14H16N4. The predicted octanol–water partition coefficient (Wildman–Crippen LogP) is 1.89. The highest BCUT2D eigenvalue weighted by molar-refractivity contribution is 5.28. The number of aryl methyl sites for hydroxylation is 2. The lowest BCUT2D eigenvalue weighted by Crippen LogP contribution is -2.13. The largest absolute Gasteiger partial charge is 0.342 e. The van der Waals surface area contributed by atoms with Gasteiger partial charge in [0, 0.05) is 32.0 Å². The second-order valence-corrected chi connectivity index (χ2v) is 4.33. The zero-order valence-electron chi connectivity index (χ0n) is 10.6. The number of hydrogen-bond donors (Lipinski definition) is 1. The summed E-state index contributed by atoms with van der Waals surface area (Å²) in [7, 11) is 1.88. The third-order valence-corrected chi connectivity index (χ3v) is 2.76. The Morgan fingerprint density at radius 1 is 1.39 bits per heavy atom. The zero-order valence-corrected chi connectivity index (χ0v) is 10.6. The van der Waals surface area contributed by atoms with Crippen molar-refractivity contribution >= 4 is 0 Å². The maximum Gasteiger partial charge on any atom is 0.120 e. The van der Waals surface area contributed by atoms with E-state index in [1.54, 1.807) is 0 Å². The third kappa shape index (κ3) is 2.96. The van der Waals surface area contributed by atoms with Crippen LogP contribution in [0.25, 0.3) is 0 Å². The van der Waals surface area contributed by atoms with E-state index in [4.69, 9.17) is 5.26 Å². The topological polar surface area (TPSA) is 53.6 Å². The molecule has 0 bridgehead atoms. The lowest BCUT2D eigenvalue weighted by atomic mass is 10.3. The zero-order chi connectivity index (χ0) is 13.0. The van der Waals surface area contributed by atoms with Gasteiger partial charge in [-0.05, 0) is 30.7 Å². The number of nitrogens with one attached hydrogen (secondary N) is 1. The Morgan fingerprint density at radius 3 is 2.89 bits per heavy atom. The molecule has 2 rings (SSSR count). The summed E-state index contributed by atoms with van der Waals surface area (Å²) in [6.45, 7) is 3.46. The lowest BCUT2D eigenvalue weighted by Gasteiger charge is -2.03. The number of hydrogen-bond acceptors (Lipinski definition) is 3. The molecule has 0 aliphatic heterocycles. The van der Waals surface area contributed by atoms with Crippen molar-refractivity contribution in [1.29, 1.82) is 5.26 Å². The van der Waals surface area contributed by atoms with Crippen molar-refractivity contribution in [3.8, 4) is 6.07 Å². The highest BCUT2D eigenvalue weighted by Crippen LogP contribution is 2.06. The van der Waals surface area contributed by atoms with Crippen LogP contribution in [0.5, 0.6) is 0 Å². The van der Waals surface area contributed by atoms with Gasteiger partial charge >= 0.3 is 0 Å². The summed E-state index contributed by atoms with van der Waals surface area (Å²) in [6, 6.07) is 10.1. The molecule has 2 heterocycles. The van der Waals surface area contributed by atoms with Crippen LogP contribution in [0.15, 0.2) is 30.5 Å². The molecule has 0 saturated carbocycles. The van der Waals surface area contributed by atoms with Crippen molar-refractivity contribution < 1.29 is 0 Å². The van der Waals surface area contributed by atoms with Gasteiger partial charge in [-0.25, -0.2) is 0 Å². The Labute approximate surface area is 107 Å². The van der Waals surface area contributed by atoms with E-state index < -0.39 is 0 Å². The average Bonchev–Trinajstić information content (AvgIpc) is 2.70. The van der Waals surface area contributed by atoms with Gasteiger partial charge in [0.25, 0.3) is 0 Å². The molecule has 4 heteroatoms. The van der Waals surface area contributed by atoms with Gasteiger partial charge in [-0.2, -0.15) is 5.26 Å². The van der Waals surface area contributed by atoms with Crippen LogP contribution in [-0.4, -0.2) is 9.55 Å². The summed E-state index contributed by atoms with van der Waals surface area (Å²) in [4.78, 5) is 4.42. The summed E-state index contributed by atoms with van der Waals surface area (Å²) in [5, 5.41) is 12.2.